The fourth-order valence-electron chi connectivity index (χ4n) is 7.89. The highest BCUT2D eigenvalue weighted by Crippen LogP contribution is 2.47. The highest BCUT2D eigenvalue weighted by atomic mass is 31.2. The van der Waals surface area contributed by atoms with Gasteiger partial charge in [0.05, 0.1) is 6.61 Å². The zero-order valence-corrected chi connectivity index (χ0v) is 42.6. The van der Waals surface area contributed by atoms with Crippen molar-refractivity contribution in [2.24, 2.45) is 0 Å². The van der Waals surface area contributed by atoms with Gasteiger partial charge in [-0.05, 0) is 70.6 Å². The molecule has 1 saturated carbocycles. The van der Waals surface area contributed by atoms with Crippen LogP contribution in [0.1, 0.15) is 219 Å². The van der Waals surface area contributed by atoms with E-state index in [9.17, 15) is 44.6 Å². The first kappa shape index (κ1) is 62.8. The summed E-state index contributed by atoms with van der Waals surface area (Å²) in [6.07, 6.45) is 38.9. The molecule has 1 aliphatic rings. The van der Waals surface area contributed by atoms with Crippen molar-refractivity contribution < 1.29 is 63.1 Å². The Morgan fingerprint density at radius 1 is 0.463 bits per heavy atom. The Balaban J connectivity index is 2.41. The second kappa shape index (κ2) is 42.7. The topological polar surface area (TPSA) is 210 Å². The summed E-state index contributed by atoms with van der Waals surface area (Å²) in [5.74, 6) is -1.16. The lowest BCUT2D eigenvalue weighted by Gasteiger charge is -2.41. The lowest BCUT2D eigenvalue weighted by atomic mass is 9.85. The van der Waals surface area contributed by atoms with Gasteiger partial charge in [0.15, 0.2) is 6.10 Å². The molecule has 0 aliphatic heterocycles. The third-order valence-corrected chi connectivity index (χ3v) is 13.1. The number of allylic oxidation sites excluding steroid dienone is 8. The van der Waals surface area contributed by atoms with Crippen molar-refractivity contribution >= 4 is 19.8 Å². The van der Waals surface area contributed by atoms with E-state index < -0.39 is 75.7 Å². The SMILES string of the molecule is CCCCCC/C=C/C=C/CCCCCCCC(=O)OC[C@H](COP(=O)(O)OC1C(O)C(O)C(O)[C@@H](O)C1O)OC(=O)CCC/C=C/CC/C=C/CCCCCCCCCCCCCCCC. The maximum atomic E-state index is 12.8. The van der Waals surface area contributed by atoms with E-state index in [1.54, 1.807) is 0 Å². The maximum absolute atomic E-state index is 12.8. The van der Waals surface area contributed by atoms with Crippen molar-refractivity contribution in [1.82, 2.24) is 0 Å². The van der Waals surface area contributed by atoms with E-state index in [2.05, 4.69) is 56.4 Å². The standard InChI is InChI=1S/C53H95O13P/c1-3-5-7-9-11-13-15-17-19-20-21-22-23-24-25-26-28-30-32-34-36-38-40-42-47(55)65-45(44-64-67(61,62)66-53-51(59)49(57)48(56)50(58)52(53)60)43-63-46(54)41-39-37-35-33-31-29-27-18-16-14-12-10-8-6-4-2/h14,16,18,26-28,34,36,45,48-53,56-60H,3-13,15,17,19-25,29-33,35,37-44H2,1-2H3,(H,61,62)/b16-14+,27-18+,28-26+,36-34+/t45-,48?,49-,50?,51?,52?,53?/m1/s1. The molecule has 0 aromatic heterocycles. The van der Waals surface area contributed by atoms with Gasteiger partial charge < -0.3 is 39.9 Å². The molecule has 0 heterocycles. The summed E-state index contributed by atoms with van der Waals surface area (Å²) in [7, 11) is -5.14. The Bertz CT molecular complexity index is 1350. The van der Waals surface area contributed by atoms with Crippen LogP contribution < -0.4 is 0 Å². The van der Waals surface area contributed by atoms with Gasteiger partial charge in [-0.1, -0.05) is 184 Å². The molecule has 14 heteroatoms. The Labute approximate surface area is 405 Å². The molecule has 0 amide bonds. The number of hydrogen-bond donors (Lipinski definition) is 6. The highest BCUT2D eigenvalue weighted by molar-refractivity contribution is 7.47. The van der Waals surface area contributed by atoms with Crippen LogP contribution in [0.25, 0.3) is 0 Å². The molecule has 0 saturated heterocycles. The average molecular weight is 971 g/mol. The maximum Gasteiger partial charge on any atom is 0.472 e. The minimum atomic E-state index is -5.14. The number of hydrogen-bond acceptors (Lipinski definition) is 12. The monoisotopic (exact) mass is 971 g/mol. The van der Waals surface area contributed by atoms with Gasteiger partial charge in [0.2, 0.25) is 0 Å². The van der Waals surface area contributed by atoms with Gasteiger partial charge in [-0.25, -0.2) is 4.57 Å². The zero-order valence-electron chi connectivity index (χ0n) is 41.7. The molecule has 1 fully saturated rings. The first-order chi connectivity index (χ1) is 32.4. The molecule has 6 N–H and O–H groups in total. The molecule has 67 heavy (non-hydrogen) atoms. The Morgan fingerprint density at radius 2 is 0.836 bits per heavy atom. The lowest BCUT2D eigenvalue weighted by Crippen LogP contribution is -2.64. The fourth-order valence-corrected chi connectivity index (χ4v) is 8.86. The van der Waals surface area contributed by atoms with Crippen LogP contribution in [-0.2, 0) is 32.7 Å². The van der Waals surface area contributed by atoms with E-state index in [1.807, 2.05) is 6.08 Å². The van der Waals surface area contributed by atoms with Gasteiger partial charge in [-0.15, -0.1) is 0 Å². The van der Waals surface area contributed by atoms with Crippen molar-refractivity contribution in [3.8, 4) is 0 Å². The number of phosphoric acid groups is 1. The van der Waals surface area contributed by atoms with Crippen LogP contribution in [0.15, 0.2) is 48.6 Å². The van der Waals surface area contributed by atoms with Crippen molar-refractivity contribution in [1.29, 1.82) is 0 Å². The van der Waals surface area contributed by atoms with Gasteiger partial charge in [-0.3, -0.25) is 18.6 Å². The number of aliphatic hydroxyl groups is 5. The molecule has 0 aromatic rings. The third-order valence-electron chi connectivity index (χ3n) is 12.1. The predicted molar refractivity (Wildman–Crippen MR) is 267 cm³/mol. The van der Waals surface area contributed by atoms with E-state index in [-0.39, 0.29) is 12.8 Å². The fraction of sp³-hybridized carbons (Fsp3) is 0.811. The van der Waals surface area contributed by atoms with E-state index in [1.165, 1.54) is 116 Å². The van der Waals surface area contributed by atoms with Crippen LogP contribution in [0, 0.1) is 0 Å². The molecule has 0 bridgehead atoms. The van der Waals surface area contributed by atoms with Crippen LogP contribution in [0.2, 0.25) is 0 Å². The number of phosphoric ester groups is 1. The molecule has 1 aliphatic carbocycles. The summed E-state index contributed by atoms with van der Waals surface area (Å²) >= 11 is 0. The Hall–Kier alpha value is -2.19. The third kappa shape index (κ3) is 34.7. The number of carbonyl (C=O) groups excluding carboxylic acids is 2. The van der Waals surface area contributed by atoms with Gasteiger partial charge >= 0.3 is 19.8 Å². The average Bonchev–Trinajstić information content (AvgIpc) is 3.31. The number of unbranched alkanes of at least 4 members (excludes halogenated alkanes) is 25. The summed E-state index contributed by atoms with van der Waals surface area (Å²) in [4.78, 5) is 35.8. The summed E-state index contributed by atoms with van der Waals surface area (Å²) in [6, 6.07) is 0. The predicted octanol–water partition coefficient (Wildman–Crippen LogP) is 11.5. The molecule has 390 valence electrons. The summed E-state index contributed by atoms with van der Waals surface area (Å²) in [5, 5.41) is 50.3. The van der Waals surface area contributed by atoms with Gasteiger partial charge in [0.25, 0.3) is 0 Å². The van der Waals surface area contributed by atoms with E-state index in [0.717, 1.165) is 57.8 Å². The number of aliphatic hydroxyl groups excluding tert-OH is 5. The molecule has 6 unspecified atom stereocenters. The molecular weight excluding hydrogens is 876 g/mol. The number of rotatable bonds is 44. The molecular formula is C53H95O13P. The molecule has 13 nitrogen and oxygen atoms in total. The lowest BCUT2D eigenvalue weighted by molar-refractivity contribution is -0.220. The number of carbonyl (C=O) groups is 2. The first-order valence-corrected chi connectivity index (χ1v) is 28.0. The Morgan fingerprint density at radius 3 is 1.33 bits per heavy atom. The number of ether oxygens (including phenoxy) is 2. The van der Waals surface area contributed by atoms with Gasteiger partial charge in [-0.2, -0.15) is 0 Å². The second-order valence-electron chi connectivity index (χ2n) is 18.4. The van der Waals surface area contributed by atoms with E-state index >= 15 is 0 Å². The van der Waals surface area contributed by atoms with Crippen LogP contribution in [0.5, 0.6) is 0 Å². The van der Waals surface area contributed by atoms with Crippen molar-refractivity contribution in [2.45, 2.75) is 262 Å². The van der Waals surface area contributed by atoms with Crippen molar-refractivity contribution in [3.63, 3.8) is 0 Å². The summed E-state index contributed by atoms with van der Waals surface area (Å²) in [6.45, 7) is 3.26. The van der Waals surface area contributed by atoms with Crippen LogP contribution in [0.4, 0.5) is 0 Å². The first-order valence-electron chi connectivity index (χ1n) is 26.5. The molecule has 0 spiro atoms. The molecule has 8 atom stereocenters. The van der Waals surface area contributed by atoms with Crippen molar-refractivity contribution in [3.05, 3.63) is 48.6 Å². The summed E-state index contributed by atoms with van der Waals surface area (Å²) in [5.41, 5.74) is 0. The largest absolute Gasteiger partial charge is 0.472 e. The van der Waals surface area contributed by atoms with Crippen LogP contribution >= 0.6 is 7.82 Å². The minimum Gasteiger partial charge on any atom is -0.462 e. The van der Waals surface area contributed by atoms with Gasteiger partial charge in [0, 0.05) is 12.8 Å². The van der Waals surface area contributed by atoms with E-state index in [4.69, 9.17) is 18.5 Å². The number of esters is 2. The zero-order chi connectivity index (χ0) is 49.2. The van der Waals surface area contributed by atoms with Crippen molar-refractivity contribution in [2.75, 3.05) is 13.2 Å². The van der Waals surface area contributed by atoms with Crippen LogP contribution in [0.3, 0.4) is 0 Å². The van der Waals surface area contributed by atoms with Crippen LogP contribution in [-0.4, -0.2) is 98.3 Å². The molecule has 1 rings (SSSR count). The molecule has 0 radical (unpaired) electrons. The molecule has 0 aromatic carbocycles. The van der Waals surface area contributed by atoms with Gasteiger partial charge in [0.1, 0.15) is 43.2 Å². The Kier molecular flexibility index (Phi) is 40.0. The smallest absolute Gasteiger partial charge is 0.462 e. The highest BCUT2D eigenvalue weighted by Gasteiger charge is 2.51. The van der Waals surface area contributed by atoms with E-state index in [0.29, 0.717) is 19.3 Å². The quantitative estimate of drug-likeness (QED) is 0.0111. The normalized spacial score (nSPS) is 21.5. The summed E-state index contributed by atoms with van der Waals surface area (Å²) < 4.78 is 33.6. The minimum absolute atomic E-state index is 0.0331. The second-order valence-corrected chi connectivity index (χ2v) is 19.8.